The SMILES string of the molecule is Cc1cc(CN(C)C2CC2)ccc1Br. The lowest BCUT2D eigenvalue weighted by molar-refractivity contribution is 0.316. The van der Waals surface area contributed by atoms with Crippen molar-refractivity contribution in [2.45, 2.75) is 32.4 Å². The van der Waals surface area contributed by atoms with E-state index in [1.807, 2.05) is 0 Å². The molecule has 0 unspecified atom stereocenters. The molecule has 76 valence electrons. The molecule has 1 aromatic rings. The first-order chi connectivity index (χ1) is 6.66. The first-order valence-corrected chi connectivity index (χ1v) is 5.91. The molecule has 1 aromatic carbocycles. The molecule has 14 heavy (non-hydrogen) atoms. The van der Waals surface area contributed by atoms with Gasteiger partial charge in [-0.15, -0.1) is 0 Å². The van der Waals surface area contributed by atoms with Crippen LogP contribution in [0, 0.1) is 6.92 Å². The number of hydrogen-bond donors (Lipinski definition) is 0. The summed E-state index contributed by atoms with van der Waals surface area (Å²) < 4.78 is 1.20. The molecule has 2 rings (SSSR count). The van der Waals surface area contributed by atoms with E-state index in [4.69, 9.17) is 0 Å². The molecular formula is C12H16BrN. The predicted octanol–water partition coefficient (Wildman–Crippen LogP) is 3.35. The minimum absolute atomic E-state index is 0.846. The molecule has 1 saturated carbocycles. The molecule has 1 nitrogen and oxygen atoms in total. The smallest absolute Gasteiger partial charge is 0.0233 e. The van der Waals surface area contributed by atoms with Gasteiger partial charge in [-0.2, -0.15) is 0 Å². The van der Waals surface area contributed by atoms with Crippen molar-refractivity contribution in [3.05, 3.63) is 33.8 Å². The van der Waals surface area contributed by atoms with Crippen LogP contribution in [0.1, 0.15) is 24.0 Å². The Hall–Kier alpha value is -0.340. The normalized spacial score (nSPS) is 16.3. The summed E-state index contributed by atoms with van der Waals surface area (Å²) in [5, 5.41) is 0. The van der Waals surface area contributed by atoms with Crippen molar-refractivity contribution < 1.29 is 0 Å². The first kappa shape index (κ1) is 10.2. The minimum atomic E-state index is 0.846. The summed E-state index contributed by atoms with van der Waals surface area (Å²) >= 11 is 3.52. The van der Waals surface area contributed by atoms with Crippen LogP contribution in [0.5, 0.6) is 0 Å². The fraction of sp³-hybridized carbons (Fsp3) is 0.500. The molecule has 0 aliphatic heterocycles. The van der Waals surface area contributed by atoms with Crippen LogP contribution in [0.3, 0.4) is 0 Å². The van der Waals surface area contributed by atoms with E-state index >= 15 is 0 Å². The molecule has 0 amide bonds. The topological polar surface area (TPSA) is 3.24 Å². The summed E-state index contributed by atoms with van der Waals surface area (Å²) in [6.45, 7) is 3.23. The molecule has 0 N–H and O–H groups in total. The van der Waals surface area contributed by atoms with Gasteiger partial charge in [0.05, 0.1) is 0 Å². The van der Waals surface area contributed by atoms with Gasteiger partial charge in [0.15, 0.2) is 0 Å². The van der Waals surface area contributed by atoms with Crippen LogP contribution in [0.2, 0.25) is 0 Å². The highest BCUT2D eigenvalue weighted by molar-refractivity contribution is 9.10. The molecule has 1 fully saturated rings. The third-order valence-electron chi connectivity index (χ3n) is 2.82. The third-order valence-corrected chi connectivity index (χ3v) is 3.71. The first-order valence-electron chi connectivity index (χ1n) is 5.12. The van der Waals surface area contributed by atoms with Crippen molar-refractivity contribution in [3.63, 3.8) is 0 Å². The van der Waals surface area contributed by atoms with Crippen molar-refractivity contribution in [1.82, 2.24) is 4.90 Å². The molecule has 1 aliphatic carbocycles. The predicted molar refractivity (Wildman–Crippen MR) is 63.4 cm³/mol. The van der Waals surface area contributed by atoms with Gasteiger partial charge in [0, 0.05) is 17.1 Å². The molecule has 0 bridgehead atoms. The van der Waals surface area contributed by atoms with Crippen LogP contribution >= 0.6 is 15.9 Å². The average molecular weight is 254 g/mol. The molecule has 0 radical (unpaired) electrons. The van der Waals surface area contributed by atoms with E-state index in [1.165, 1.54) is 28.4 Å². The summed E-state index contributed by atoms with van der Waals surface area (Å²) in [6, 6.07) is 7.46. The second-order valence-corrected chi connectivity index (χ2v) is 5.08. The van der Waals surface area contributed by atoms with Crippen molar-refractivity contribution in [2.75, 3.05) is 7.05 Å². The van der Waals surface area contributed by atoms with E-state index in [0.29, 0.717) is 0 Å². The molecule has 0 spiro atoms. The molecule has 0 atom stereocenters. The third kappa shape index (κ3) is 2.37. The Morgan fingerprint density at radius 3 is 2.71 bits per heavy atom. The molecule has 0 saturated heterocycles. The van der Waals surface area contributed by atoms with Gasteiger partial charge in [0.1, 0.15) is 0 Å². The fourth-order valence-electron chi connectivity index (χ4n) is 1.74. The Kier molecular flexibility index (Phi) is 2.93. The maximum Gasteiger partial charge on any atom is 0.0233 e. The summed E-state index contributed by atoms with van der Waals surface area (Å²) in [4.78, 5) is 2.45. The van der Waals surface area contributed by atoms with Crippen molar-refractivity contribution in [1.29, 1.82) is 0 Å². The Morgan fingerprint density at radius 1 is 1.43 bits per heavy atom. The van der Waals surface area contributed by atoms with Crippen LogP contribution in [0.25, 0.3) is 0 Å². The summed E-state index contributed by atoms with van der Waals surface area (Å²) in [5.41, 5.74) is 2.74. The lowest BCUT2D eigenvalue weighted by Gasteiger charge is -2.16. The summed E-state index contributed by atoms with van der Waals surface area (Å²) in [6.07, 6.45) is 2.76. The Labute approximate surface area is 94.2 Å². The van der Waals surface area contributed by atoms with E-state index in [2.05, 4.69) is 53.0 Å². The van der Waals surface area contributed by atoms with Crippen LogP contribution in [-0.2, 0) is 6.54 Å². The largest absolute Gasteiger partial charge is 0.299 e. The van der Waals surface area contributed by atoms with E-state index in [1.54, 1.807) is 0 Å². The molecule has 1 aliphatic rings. The van der Waals surface area contributed by atoms with Gasteiger partial charge >= 0.3 is 0 Å². The molecule has 0 aromatic heterocycles. The fourth-order valence-corrected chi connectivity index (χ4v) is 1.98. The van der Waals surface area contributed by atoms with E-state index in [0.717, 1.165) is 12.6 Å². The van der Waals surface area contributed by atoms with Crippen LogP contribution in [-0.4, -0.2) is 18.0 Å². The number of halogens is 1. The lowest BCUT2D eigenvalue weighted by atomic mass is 10.1. The molecule has 2 heteroatoms. The molecular weight excluding hydrogens is 238 g/mol. The standard InChI is InChI=1S/C12H16BrN/c1-9-7-10(3-6-12(9)13)8-14(2)11-4-5-11/h3,6-7,11H,4-5,8H2,1-2H3. The monoisotopic (exact) mass is 253 g/mol. The van der Waals surface area contributed by atoms with Gasteiger partial charge < -0.3 is 0 Å². The Bertz CT molecular complexity index is 331. The number of hydrogen-bond acceptors (Lipinski definition) is 1. The summed E-state index contributed by atoms with van der Waals surface area (Å²) in [7, 11) is 2.22. The second-order valence-electron chi connectivity index (χ2n) is 4.23. The van der Waals surface area contributed by atoms with Crippen molar-refractivity contribution in [3.8, 4) is 0 Å². The zero-order chi connectivity index (χ0) is 10.1. The highest BCUT2D eigenvalue weighted by Crippen LogP contribution is 2.27. The van der Waals surface area contributed by atoms with Gasteiger partial charge in [0.2, 0.25) is 0 Å². The number of aryl methyl sites for hydroxylation is 1. The number of benzene rings is 1. The van der Waals surface area contributed by atoms with Gasteiger partial charge in [-0.1, -0.05) is 28.1 Å². The van der Waals surface area contributed by atoms with Gasteiger partial charge in [-0.3, -0.25) is 4.90 Å². The van der Waals surface area contributed by atoms with Crippen molar-refractivity contribution >= 4 is 15.9 Å². The van der Waals surface area contributed by atoms with Crippen LogP contribution in [0.15, 0.2) is 22.7 Å². The Balaban J connectivity index is 2.04. The highest BCUT2D eigenvalue weighted by Gasteiger charge is 2.25. The maximum atomic E-state index is 3.52. The number of rotatable bonds is 3. The van der Waals surface area contributed by atoms with E-state index in [-0.39, 0.29) is 0 Å². The van der Waals surface area contributed by atoms with E-state index < -0.39 is 0 Å². The second kappa shape index (κ2) is 4.03. The van der Waals surface area contributed by atoms with Gasteiger partial charge in [-0.25, -0.2) is 0 Å². The van der Waals surface area contributed by atoms with Gasteiger partial charge in [-0.05, 0) is 44.0 Å². The number of nitrogens with zero attached hydrogens (tertiary/aromatic N) is 1. The Morgan fingerprint density at radius 2 is 2.14 bits per heavy atom. The maximum absolute atomic E-state index is 3.52. The zero-order valence-corrected chi connectivity index (χ0v) is 10.3. The van der Waals surface area contributed by atoms with Crippen LogP contribution in [0.4, 0.5) is 0 Å². The zero-order valence-electron chi connectivity index (χ0n) is 8.76. The highest BCUT2D eigenvalue weighted by atomic mass is 79.9. The minimum Gasteiger partial charge on any atom is -0.299 e. The quantitative estimate of drug-likeness (QED) is 0.799. The van der Waals surface area contributed by atoms with Crippen LogP contribution < -0.4 is 0 Å². The lowest BCUT2D eigenvalue weighted by Crippen LogP contribution is -2.19. The van der Waals surface area contributed by atoms with E-state index in [9.17, 15) is 0 Å². The summed E-state index contributed by atoms with van der Waals surface area (Å²) in [5.74, 6) is 0. The van der Waals surface area contributed by atoms with Gasteiger partial charge in [0.25, 0.3) is 0 Å². The molecule has 0 heterocycles. The van der Waals surface area contributed by atoms with Crippen molar-refractivity contribution in [2.24, 2.45) is 0 Å². The average Bonchev–Trinajstić information content (AvgIpc) is 2.94.